The third-order valence-electron chi connectivity index (χ3n) is 8.05. The Hall–Kier alpha value is -0.680. The summed E-state index contributed by atoms with van der Waals surface area (Å²) in [6, 6.07) is 0. The topological polar surface area (TPSA) is 267 Å². The standard InChI is InChI=1S/C24H42O17/c1-5-9(25)12(28)15(31)22(36-5)40-19-17(33)18(8(4)35-21(19)34)39-24-20(14(30)11(27)7(3)38-24)41-23-16(32)13(29)10(26)6(2)37-23/h5-34H,1-4H3/t5-,6-,7-,8-,9+,10-,11+,12+,13+,14+,15-,16-,17+,18-,19-,20-,21+,22+,23+,24+/m1/s1. The lowest BCUT2D eigenvalue weighted by Crippen LogP contribution is -2.66. The van der Waals surface area contributed by atoms with Gasteiger partial charge in [-0.2, -0.15) is 0 Å². The number of rotatable bonds is 6. The van der Waals surface area contributed by atoms with E-state index in [1.165, 1.54) is 27.7 Å². The van der Waals surface area contributed by atoms with Crippen molar-refractivity contribution >= 4 is 0 Å². The van der Waals surface area contributed by atoms with Gasteiger partial charge in [-0.25, -0.2) is 0 Å². The first kappa shape index (κ1) is 33.2. The predicted octanol–water partition coefficient (Wildman–Crippen LogP) is -5.64. The Morgan fingerprint density at radius 1 is 0.341 bits per heavy atom. The smallest absolute Gasteiger partial charge is 0.187 e. The molecule has 20 atom stereocenters. The lowest BCUT2D eigenvalue weighted by molar-refractivity contribution is -0.392. The zero-order valence-electron chi connectivity index (χ0n) is 22.9. The molecule has 10 N–H and O–H groups in total. The molecule has 0 unspecified atom stereocenters. The molecule has 4 rings (SSSR count). The van der Waals surface area contributed by atoms with Gasteiger partial charge in [0.25, 0.3) is 0 Å². The highest BCUT2D eigenvalue weighted by atomic mass is 16.8. The minimum absolute atomic E-state index is 0.967. The second-order valence-electron chi connectivity index (χ2n) is 11.1. The summed E-state index contributed by atoms with van der Waals surface area (Å²) in [7, 11) is 0. The Kier molecular flexibility index (Phi) is 10.6. The van der Waals surface area contributed by atoms with Gasteiger partial charge in [-0.15, -0.1) is 0 Å². The Labute approximate surface area is 235 Å². The van der Waals surface area contributed by atoms with Crippen LogP contribution in [0.15, 0.2) is 0 Å². The quantitative estimate of drug-likeness (QED) is 0.136. The molecule has 4 fully saturated rings. The van der Waals surface area contributed by atoms with E-state index < -0.39 is 123 Å². The molecule has 0 aliphatic carbocycles. The van der Waals surface area contributed by atoms with Crippen LogP contribution in [0.1, 0.15) is 27.7 Å². The predicted molar refractivity (Wildman–Crippen MR) is 128 cm³/mol. The van der Waals surface area contributed by atoms with Gasteiger partial charge in [0.15, 0.2) is 25.2 Å². The van der Waals surface area contributed by atoms with Gasteiger partial charge in [-0.05, 0) is 27.7 Å². The average molecular weight is 603 g/mol. The molecule has 4 aliphatic rings. The Balaban J connectivity index is 1.51. The van der Waals surface area contributed by atoms with Crippen molar-refractivity contribution in [3.8, 4) is 0 Å². The van der Waals surface area contributed by atoms with Crippen LogP contribution in [0.4, 0.5) is 0 Å². The second-order valence-corrected chi connectivity index (χ2v) is 11.1. The average Bonchev–Trinajstić information content (AvgIpc) is 2.92. The third-order valence-corrected chi connectivity index (χ3v) is 8.05. The minimum atomic E-state index is -1.75. The lowest BCUT2D eigenvalue weighted by atomic mass is 9.96. The molecule has 17 heteroatoms. The SMILES string of the molecule is C[C@H]1O[C@@H](O[C@@H]2[C@@H](O)[C@H](O[C@@H]3O[C@H](C)[C@H](O)[C@H](O)[C@H]3O[C@@H]3O[C@H](C)[C@@H](O)[C@H](O)[C@H]3O)[C@@H](C)O[C@@H]2O)[C@H](O)[C@@H](O)[C@H]1O. The molecule has 17 nitrogen and oxygen atoms in total. The van der Waals surface area contributed by atoms with Crippen LogP contribution >= 0.6 is 0 Å². The van der Waals surface area contributed by atoms with Gasteiger partial charge in [0.2, 0.25) is 0 Å². The summed E-state index contributed by atoms with van der Waals surface area (Å²) in [5.74, 6) is 0. The maximum Gasteiger partial charge on any atom is 0.187 e. The first-order chi connectivity index (χ1) is 19.1. The van der Waals surface area contributed by atoms with Crippen molar-refractivity contribution in [3.05, 3.63) is 0 Å². The molecule has 0 aromatic carbocycles. The van der Waals surface area contributed by atoms with Crippen LogP contribution in [-0.2, 0) is 33.2 Å². The molecule has 0 radical (unpaired) electrons. The van der Waals surface area contributed by atoms with E-state index in [0.29, 0.717) is 0 Å². The van der Waals surface area contributed by atoms with E-state index in [9.17, 15) is 51.1 Å². The fraction of sp³-hybridized carbons (Fsp3) is 1.00. The van der Waals surface area contributed by atoms with E-state index in [1.807, 2.05) is 0 Å². The van der Waals surface area contributed by atoms with E-state index in [-0.39, 0.29) is 0 Å². The van der Waals surface area contributed by atoms with E-state index >= 15 is 0 Å². The van der Waals surface area contributed by atoms with Crippen molar-refractivity contribution in [1.29, 1.82) is 0 Å². The number of hydrogen-bond acceptors (Lipinski definition) is 17. The Morgan fingerprint density at radius 2 is 0.732 bits per heavy atom. The highest BCUT2D eigenvalue weighted by Gasteiger charge is 2.54. The van der Waals surface area contributed by atoms with Crippen LogP contribution < -0.4 is 0 Å². The molecule has 0 aromatic heterocycles. The van der Waals surface area contributed by atoms with Crippen LogP contribution in [0.25, 0.3) is 0 Å². The molecular formula is C24H42O17. The first-order valence-corrected chi connectivity index (χ1v) is 13.5. The monoisotopic (exact) mass is 602 g/mol. The molecule has 0 spiro atoms. The van der Waals surface area contributed by atoms with E-state index in [2.05, 4.69) is 0 Å². The van der Waals surface area contributed by atoms with E-state index in [0.717, 1.165) is 0 Å². The maximum atomic E-state index is 11.2. The summed E-state index contributed by atoms with van der Waals surface area (Å²) in [6.45, 7) is 5.72. The minimum Gasteiger partial charge on any atom is -0.388 e. The molecule has 4 aliphatic heterocycles. The molecule has 0 saturated carbocycles. The van der Waals surface area contributed by atoms with Gasteiger partial charge in [-0.3, -0.25) is 0 Å². The zero-order valence-corrected chi connectivity index (χ0v) is 22.9. The van der Waals surface area contributed by atoms with Crippen LogP contribution in [0, 0.1) is 0 Å². The molecule has 0 amide bonds. The first-order valence-electron chi connectivity index (χ1n) is 13.5. The molecule has 4 saturated heterocycles. The fourth-order valence-electron chi connectivity index (χ4n) is 5.32. The van der Waals surface area contributed by atoms with Gasteiger partial charge < -0.3 is 84.2 Å². The lowest BCUT2D eigenvalue weighted by Gasteiger charge is -2.48. The van der Waals surface area contributed by atoms with E-state index in [1.54, 1.807) is 0 Å². The summed E-state index contributed by atoms with van der Waals surface area (Å²) in [6.07, 6.45) is -29.4. The highest BCUT2D eigenvalue weighted by Crippen LogP contribution is 2.34. The third kappa shape index (κ3) is 6.57. The van der Waals surface area contributed by atoms with Gasteiger partial charge in [-0.1, -0.05) is 0 Å². The summed E-state index contributed by atoms with van der Waals surface area (Å²) in [4.78, 5) is 0. The number of aliphatic hydroxyl groups excluding tert-OH is 10. The van der Waals surface area contributed by atoms with Gasteiger partial charge in [0.05, 0.1) is 24.4 Å². The van der Waals surface area contributed by atoms with Crippen molar-refractivity contribution in [1.82, 2.24) is 0 Å². The Morgan fingerprint density at radius 3 is 1.22 bits per heavy atom. The summed E-state index contributed by atoms with van der Waals surface area (Å²) in [5, 5.41) is 104. The summed E-state index contributed by atoms with van der Waals surface area (Å²) < 4.78 is 39.2. The maximum absolute atomic E-state index is 11.2. The number of aliphatic hydroxyl groups is 10. The summed E-state index contributed by atoms with van der Waals surface area (Å²) in [5.41, 5.74) is 0. The molecular weight excluding hydrogens is 560 g/mol. The summed E-state index contributed by atoms with van der Waals surface area (Å²) >= 11 is 0. The number of hydrogen-bond donors (Lipinski definition) is 10. The van der Waals surface area contributed by atoms with Crippen molar-refractivity contribution in [2.45, 2.75) is 151 Å². The number of ether oxygens (including phenoxy) is 7. The van der Waals surface area contributed by atoms with E-state index in [4.69, 9.17) is 33.2 Å². The van der Waals surface area contributed by atoms with Crippen molar-refractivity contribution in [2.24, 2.45) is 0 Å². The molecule has 240 valence electrons. The fourth-order valence-corrected chi connectivity index (χ4v) is 5.32. The van der Waals surface area contributed by atoms with Crippen LogP contribution in [0.2, 0.25) is 0 Å². The van der Waals surface area contributed by atoms with Crippen LogP contribution in [0.5, 0.6) is 0 Å². The van der Waals surface area contributed by atoms with Crippen molar-refractivity contribution in [2.75, 3.05) is 0 Å². The molecule has 0 aromatic rings. The van der Waals surface area contributed by atoms with Gasteiger partial charge >= 0.3 is 0 Å². The van der Waals surface area contributed by atoms with Crippen LogP contribution in [-0.4, -0.2) is 174 Å². The van der Waals surface area contributed by atoms with Crippen LogP contribution in [0.3, 0.4) is 0 Å². The normalized spacial score (nSPS) is 56.9. The Bertz CT molecular complexity index is 853. The second kappa shape index (κ2) is 13.1. The molecule has 4 heterocycles. The van der Waals surface area contributed by atoms with Crippen molar-refractivity contribution < 1.29 is 84.2 Å². The zero-order chi connectivity index (χ0) is 30.5. The van der Waals surface area contributed by atoms with Gasteiger partial charge in [0.1, 0.15) is 73.2 Å². The molecule has 41 heavy (non-hydrogen) atoms. The molecule has 0 bridgehead atoms. The van der Waals surface area contributed by atoms with Gasteiger partial charge in [0, 0.05) is 0 Å². The van der Waals surface area contributed by atoms with Crippen molar-refractivity contribution in [3.63, 3.8) is 0 Å². The highest BCUT2D eigenvalue weighted by molar-refractivity contribution is 4.96. The largest absolute Gasteiger partial charge is 0.388 e.